The molecule has 1 atom stereocenters. The fraction of sp³-hybridized carbons (Fsp3) is 0.647. The molecule has 0 aliphatic rings. The van der Waals surface area contributed by atoms with Gasteiger partial charge in [0, 0.05) is 6.04 Å². The van der Waals surface area contributed by atoms with Gasteiger partial charge in [0.1, 0.15) is 5.75 Å². The third-order valence-electron chi connectivity index (χ3n) is 3.47. The van der Waals surface area contributed by atoms with Crippen molar-refractivity contribution in [1.82, 2.24) is 5.32 Å². The lowest BCUT2D eigenvalue weighted by Crippen LogP contribution is -2.25. The topological polar surface area (TPSA) is 21.3 Å². The minimum Gasteiger partial charge on any atom is -0.494 e. The molecule has 0 saturated heterocycles. The highest BCUT2D eigenvalue weighted by molar-refractivity contribution is 5.36. The highest BCUT2D eigenvalue weighted by atomic mass is 16.5. The maximum atomic E-state index is 5.82. The molecule has 1 aromatic carbocycles. The number of ether oxygens (including phenoxy) is 1. The van der Waals surface area contributed by atoms with Crippen LogP contribution in [0.2, 0.25) is 0 Å². The van der Waals surface area contributed by atoms with Crippen molar-refractivity contribution in [3.8, 4) is 5.75 Å². The molecule has 1 rings (SSSR count). The van der Waals surface area contributed by atoms with E-state index < -0.39 is 0 Å². The van der Waals surface area contributed by atoms with Crippen LogP contribution < -0.4 is 10.1 Å². The van der Waals surface area contributed by atoms with E-state index in [4.69, 9.17) is 4.74 Å². The van der Waals surface area contributed by atoms with Crippen LogP contribution in [0.1, 0.15) is 57.6 Å². The number of aryl methyl sites for hydroxylation is 1. The Morgan fingerprint density at radius 1 is 1.21 bits per heavy atom. The van der Waals surface area contributed by atoms with Gasteiger partial charge < -0.3 is 10.1 Å². The van der Waals surface area contributed by atoms with E-state index in [0.29, 0.717) is 12.0 Å². The minimum absolute atomic E-state index is 0.579. The molecule has 0 aromatic heterocycles. The predicted octanol–water partition coefficient (Wildman–Crippen LogP) is 4.28. The Morgan fingerprint density at radius 2 is 1.95 bits per heavy atom. The summed E-state index contributed by atoms with van der Waals surface area (Å²) in [4.78, 5) is 0. The standard InChI is InChI=1S/C17H29NO/c1-6-18-15(5)8-7-11-19-16-9-10-17(13(2)3)14(4)12-16/h9-10,12-13,15,18H,6-8,11H2,1-5H3. The van der Waals surface area contributed by atoms with E-state index in [1.165, 1.54) is 11.1 Å². The molecule has 1 N–H and O–H groups in total. The lowest BCUT2D eigenvalue weighted by molar-refractivity contribution is 0.298. The summed E-state index contributed by atoms with van der Waals surface area (Å²) in [6.45, 7) is 12.8. The van der Waals surface area contributed by atoms with Gasteiger partial charge in [-0.25, -0.2) is 0 Å². The van der Waals surface area contributed by atoms with E-state index in [1.54, 1.807) is 0 Å². The summed E-state index contributed by atoms with van der Waals surface area (Å²) in [6.07, 6.45) is 2.26. The molecule has 0 amide bonds. The van der Waals surface area contributed by atoms with Crippen LogP contribution in [0, 0.1) is 6.92 Å². The highest BCUT2D eigenvalue weighted by Crippen LogP contribution is 2.23. The lowest BCUT2D eigenvalue weighted by atomic mass is 9.98. The number of nitrogens with one attached hydrogen (secondary N) is 1. The highest BCUT2D eigenvalue weighted by Gasteiger charge is 2.05. The Morgan fingerprint density at radius 3 is 2.53 bits per heavy atom. The van der Waals surface area contributed by atoms with Gasteiger partial charge >= 0.3 is 0 Å². The maximum Gasteiger partial charge on any atom is 0.119 e. The molecule has 0 aliphatic heterocycles. The molecule has 0 heterocycles. The zero-order valence-electron chi connectivity index (χ0n) is 13.1. The van der Waals surface area contributed by atoms with Gasteiger partial charge in [0.05, 0.1) is 6.61 Å². The van der Waals surface area contributed by atoms with E-state index in [2.05, 4.69) is 58.1 Å². The van der Waals surface area contributed by atoms with Crippen LogP contribution in [0.5, 0.6) is 5.75 Å². The second-order valence-corrected chi connectivity index (χ2v) is 5.62. The van der Waals surface area contributed by atoms with Crippen LogP contribution in [0.15, 0.2) is 18.2 Å². The van der Waals surface area contributed by atoms with Crippen molar-refractivity contribution in [3.63, 3.8) is 0 Å². The van der Waals surface area contributed by atoms with Crippen molar-refractivity contribution in [2.24, 2.45) is 0 Å². The zero-order chi connectivity index (χ0) is 14.3. The Bertz CT molecular complexity index is 374. The van der Waals surface area contributed by atoms with Gasteiger partial charge in [-0.3, -0.25) is 0 Å². The van der Waals surface area contributed by atoms with Gasteiger partial charge in [-0.05, 0) is 62.4 Å². The van der Waals surface area contributed by atoms with Crippen molar-refractivity contribution in [1.29, 1.82) is 0 Å². The van der Waals surface area contributed by atoms with E-state index >= 15 is 0 Å². The van der Waals surface area contributed by atoms with Gasteiger partial charge in [-0.1, -0.05) is 26.8 Å². The van der Waals surface area contributed by atoms with Crippen molar-refractivity contribution in [3.05, 3.63) is 29.3 Å². The third kappa shape index (κ3) is 5.65. The normalized spacial score (nSPS) is 12.7. The van der Waals surface area contributed by atoms with E-state index in [9.17, 15) is 0 Å². The number of hydrogen-bond acceptors (Lipinski definition) is 2. The number of rotatable bonds is 8. The van der Waals surface area contributed by atoms with Gasteiger partial charge in [-0.2, -0.15) is 0 Å². The fourth-order valence-corrected chi connectivity index (χ4v) is 2.42. The van der Waals surface area contributed by atoms with Crippen LogP contribution in [0.4, 0.5) is 0 Å². The average Bonchev–Trinajstić information content (AvgIpc) is 2.34. The zero-order valence-corrected chi connectivity index (χ0v) is 13.1. The molecule has 19 heavy (non-hydrogen) atoms. The first-order chi connectivity index (χ1) is 9.04. The Labute approximate surface area is 118 Å². The van der Waals surface area contributed by atoms with E-state index in [-0.39, 0.29) is 0 Å². The SMILES string of the molecule is CCNC(C)CCCOc1ccc(C(C)C)c(C)c1. The van der Waals surface area contributed by atoms with Crippen molar-refractivity contribution in [2.75, 3.05) is 13.2 Å². The molecule has 1 aromatic rings. The summed E-state index contributed by atoms with van der Waals surface area (Å²) in [5.41, 5.74) is 2.74. The molecule has 0 fully saturated rings. The Hall–Kier alpha value is -1.02. The molecule has 2 nitrogen and oxygen atoms in total. The summed E-state index contributed by atoms with van der Waals surface area (Å²) >= 11 is 0. The first kappa shape index (κ1) is 16.0. The van der Waals surface area contributed by atoms with E-state index in [0.717, 1.165) is 31.7 Å². The largest absolute Gasteiger partial charge is 0.494 e. The summed E-state index contributed by atoms with van der Waals surface area (Å²) in [7, 11) is 0. The van der Waals surface area contributed by atoms with E-state index in [1.807, 2.05) is 0 Å². The summed E-state index contributed by atoms with van der Waals surface area (Å²) < 4.78 is 5.82. The second kappa shape index (κ2) is 8.21. The predicted molar refractivity (Wildman–Crippen MR) is 83.1 cm³/mol. The molecule has 108 valence electrons. The van der Waals surface area contributed by atoms with Crippen molar-refractivity contribution < 1.29 is 4.74 Å². The molecule has 0 bridgehead atoms. The summed E-state index contributed by atoms with van der Waals surface area (Å²) in [5.74, 6) is 1.58. The van der Waals surface area contributed by atoms with Crippen LogP contribution in [-0.4, -0.2) is 19.2 Å². The lowest BCUT2D eigenvalue weighted by Gasteiger charge is -2.14. The molecule has 1 unspecified atom stereocenters. The van der Waals surface area contributed by atoms with Crippen LogP contribution in [0.25, 0.3) is 0 Å². The number of benzene rings is 1. The van der Waals surface area contributed by atoms with Gasteiger partial charge in [0.25, 0.3) is 0 Å². The third-order valence-corrected chi connectivity index (χ3v) is 3.47. The number of hydrogen-bond donors (Lipinski definition) is 1. The quantitative estimate of drug-likeness (QED) is 0.707. The second-order valence-electron chi connectivity index (χ2n) is 5.62. The average molecular weight is 263 g/mol. The fourth-order valence-electron chi connectivity index (χ4n) is 2.42. The summed E-state index contributed by atoms with van der Waals surface area (Å²) in [5, 5.41) is 3.42. The maximum absolute atomic E-state index is 5.82. The molecule has 0 spiro atoms. The molecule has 0 radical (unpaired) electrons. The van der Waals surface area contributed by atoms with Gasteiger partial charge in [0.15, 0.2) is 0 Å². The molecular weight excluding hydrogens is 234 g/mol. The minimum atomic E-state index is 0.579. The van der Waals surface area contributed by atoms with Crippen LogP contribution >= 0.6 is 0 Å². The van der Waals surface area contributed by atoms with Crippen LogP contribution in [-0.2, 0) is 0 Å². The van der Waals surface area contributed by atoms with Crippen LogP contribution in [0.3, 0.4) is 0 Å². The first-order valence-corrected chi connectivity index (χ1v) is 7.51. The van der Waals surface area contributed by atoms with Gasteiger partial charge in [-0.15, -0.1) is 0 Å². The summed E-state index contributed by atoms with van der Waals surface area (Å²) in [6, 6.07) is 7.02. The molecular formula is C17H29NO. The molecule has 0 saturated carbocycles. The Kier molecular flexibility index (Phi) is 6.93. The smallest absolute Gasteiger partial charge is 0.119 e. The first-order valence-electron chi connectivity index (χ1n) is 7.51. The molecule has 0 aliphatic carbocycles. The van der Waals surface area contributed by atoms with Gasteiger partial charge in [0.2, 0.25) is 0 Å². The Balaban J connectivity index is 2.36. The molecule has 2 heteroatoms. The van der Waals surface area contributed by atoms with Crippen molar-refractivity contribution in [2.45, 2.75) is 59.4 Å². The monoisotopic (exact) mass is 263 g/mol. The van der Waals surface area contributed by atoms with Crippen molar-refractivity contribution >= 4 is 0 Å².